The highest BCUT2D eigenvalue weighted by atomic mass is 16.5. The molecule has 0 amide bonds. The molecule has 1 heterocycles. The van der Waals surface area contributed by atoms with Crippen molar-refractivity contribution in [3.63, 3.8) is 0 Å². The Morgan fingerprint density at radius 3 is 2.39 bits per heavy atom. The second-order valence-electron chi connectivity index (χ2n) is 6.21. The highest BCUT2D eigenvalue weighted by Crippen LogP contribution is 2.51. The van der Waals surface area contributed by atoms with Gasteiger partial charge in [-0.3, -0.25) is 19.2 Å². The predicted molar refractivity (Wildman–Crippen MR) is 81.9 cm³/mol. The third-order valence-electron chi connectivity index (χ3n) is 4.68. The molecule has 1 atom stereocenters. The highest BCUT2D eigenvalue weighted by molar-refractivity contribution is 6.16. The van der Waals surface area contributed by atoms with Crippen molar-refractivity contribution in [1.29, 1.82) is 0 Å². The van der Waals surface area contributed by atoms with Gasteiger partial charge in [-0.1, -0.05) is 0 Å². The van der Waals surface area contributed by atoms with Crippen molar-refractivity contribution in [3.05, 3.63) is 40.2 Å². The maximum Gasteiger partial charge on any atom is 0.166 e. The quantitative estimate of drug-likeness (QED) is 0.619. The van der Waals surface area contributed by atoms with E-state index in [2.05, 4.69) is 0 Å². The summed E-state index contributed by atoms with van der Waals surface area (Å²) >= 11 is 0. The van der Waals surface area contributed by atoms with E-state index in [1.807, 2.05) is 0 Å². The van der Waals surface area contributed by atoms with Gasteiger partial charge in [0.15, 0.2) is 23.1 Å². The Kier molecular flexibility index (Phi) is 3.15. The molecule has 0 spiro atoms. The number of allylic oxidation sites excluding steroid dienone is 2. The third kappa shape index (κ3) is 1.92. The minimum atomic E-state index is -1.15. The lowest BCUT2D eigenvalue weighted by molar-refractivity contribution is -0.128. The Bertz CT molecular complexity index is 843. The summed E-state index contributed by atoms with van der Waals surface area (Å²) in [4.78, 5) is 48.3. The van der Waals surface area contributed by atoms with Crippen LogP contribution in [0.5, 0.6) is 5.75 Å². The van der Waals surface area contributed by atoms with Gasteiger partial charge in [-0.2, -0.15) is 0 Å². The molecule has 23 heavy (non-hydrogen) atoms. The van der Waals surface area contributed by atoms with Crippen molar-refractivity contribution in [2.75, 3.05) is 0 Å². The lowest BCUT2D eigenvalue weighted by Gasteiger charge is -2.27. The van der Waals surface area contributed by atoms with Crippen LogP contribution in [0.15, 0.2) is 17.9 Å². The average molecular weight is 312 g/mol. The van der Waals surface area contributed by atoms with E-state index in [0.717, 1.165) is 0 Å². The van der Waals surface area contributed by atoms with Gasteiger partial charge in [0.1, 0.15) is 16.9 Å². The van der Waals surface area contributed by atoms with E-state index >= 15 is 0 Å². The lowest BCUT2D eigenvalue weighted by Crippen LogP contribution is -2.38. The number of fused-ring (bicyclic) bond motifs is 3. The topological polar surface area (TPSA) is 77.5 Å². The van der Waals surface area contributed by atoms with Crippen molar-refractivity contribution in [1.82, 2.24) is 0 Å². The van der Waals surface area contributed by atoms with Gasteiger partial charge >= 0.3 is 0 Å². The first-order chi connectivity index (χ1) is 10.7. The molecule has 0 bridgehead atoms. The summed E-state index contributed by atoms with van der Waals surface area (Å²) in [5, 5.41) is 0. The zero-order valence-corrected chi connectivity index (χ0v) is 13.4. The zero-order valence-electron chi connectivity index (χ0n) is 13.4. The average Bonchev–Trinajstić information content (AvgIpc) is 2.71. The molecule has 118 valence electrons. The molecule has 0 radical (unpaired) electrons. The van der Waals surface area contributed by atoms with Gasteiger partial charge in [0, 0.05) is 22.8 Å². The molecule has 0 fully saturated rings. The Balaban J connectivity index is 2.42. The van der Waals surface area contributed by atoms with Crippen molar-refractivity contribution >= 4 is 23.1 Å². The first-order valence-corrected chi connectivity index (χ1v) is 7.34. The number of benzene rings is 1. The summed E-state index contributed by atoms with van der Waals surface area (Å²) < 4.78 is 5.71. The summed E-state index contributed by atoms with van der Waals surface area (Å²) in [7, 11) is 0. The maximum absolute atomic E-state index is 12.6. The molecule has 5 heteroatoms. The zero-order chi connectivity index (χ0) is 17.1. The normalized spacial score (nSPS) is 22.2. The minimum Gasteiger partial charge on any atom is -0.460 e. The molecule has 0 aromatic heterocycles. The molecule has 2 aliphatic rings. The van der Waals surface area contributed by atoms with Crippen LogP contribution < -0.4 is 4.74 Å². The molecule has 0 saturated heterocycles. The van der Waals surface area contributed by atoms with E-state index in [4.69, 9.17) is 4.74 Å². The van der Waals surface area contributed by atoms with Crippen LogP contribution in [0.2, 0.25) is 0 Å². The van der Waals surface area contributed by atoms with Crippen LogP contribution in [-0.4, -0.2) is 23.1 Å². The van der Waals surface area contributed by atoms with Crippen LogP contribution in [0.25, 0.3) is 0 Å². The molecular formula is C18H16O5. The van der Waals surface area contributed by atoms with Gasteiger partial charge in [0.25, 0.3) is 0 Å². The molecule has 1 aliphatic carbocycles. The number of hydrogen-bond donors (Lipinski definition) is 0. The van der Waals surface area contributed by atoms with Gasteiger partial charge in [-0.05, 0) is 39.3 Å². The lowest BCUT2D eigenvalue weighted by atomic mass is 9.70. The number of ether oxygens (including phenoxy) is 1. The third-order valence-corrected chi connectivity index (χ3v) is 4.68. The SMILES string of the molecule is CC(=O)c1cc2c(c(C(C)=O)c1C)C1(C)C(=O)CC(=O)C=C1O2. The Labute approximate surface area is 133 Å². The second-order valence-corrected chi connectivity index (χ2v) is 6.21. The number of ketones is 4. The number of rotatable bonds is 2. The molecule has 5 nitrogen and oxygen atoms in total. The standard InChI is InChI=1S/C18H16O5/c1-8-12(9(2)19)7-13-17(16(8)10(3)20)18(4)14(22)5-11(21)6-15(18)23-13/h6-7H,5H2,1-4H3. The van der Waals surface area contributed by atoms with E-state index in [0.29, 0.717) is 28.0 Å². The van der Waals surface area contributed by atoms with Crippen LogP contribution in [0.1, 0.15) is 59.0 Å². The van der Waals surface area contributed by atoms with E-state index in [1.54, 1.807) is 19.9 Å². The van der Waals surface area contributed by atoms with Crippen LogP contribution in [0.3, 0.4) is 0 Å². The molecule has 1 unspecified atom stereocenters. The minimum absolute atomic E-state index is 0.187. The number of carbonyl (C=O) groups excluding carboxylic acids is 4. The monoisotopic (exact) mass is 312 g/mol. The van der Waals surface area contributed by atoms with Gasteiger partial charge in [0.05, 0.1) is 6.42 Å². The second kappa shape index (κ2) is 4.72. The number of hydrogen-bond acceptors (Lipinski definition) is 5. The maximum atomic E-state index is 12.6. The molecule has 1 aromatic rings. The van der Waals surface area contributed by atoms with Crippen molar-refractivity contribution in [2.45, 2.75) is 39.5 Å². The summed E-state index contributed by atoms with van der Waals surface area (Å²) in [5.74, 6) is -0.496. The number of Topliss-reactive ketones (excluding diaryl/α,β-unsaturated/α-hetero) is 3. The predicted octanol–water partition coefficient (Wildman–Crippen LogP) is 2.48. The largest absolute Gasteiger partial charge is 0.460 e. The summed E-state index contributed by atoms with van der Waals surface area (Å²) in [5.41, 5.74) is 0.581. The Hall–Kier alpha value is -2.56. The molecule has 0 N–H and O–H groups in total. The fourth-order valence-electron chi connectivity index (χ4n) is 3.47. The van der Waals surface area contributed by atoms with Gasteiger partial charge in [-0.25, -0.2) is 0 Å². The molecule has 3 rings (SSSR count). The van der Waals surface area contributed by atoms with Crippen LogP contribution >= 0.6 is 0 Å². The number of carbonyl (C=O) groups is 4. The fraction of sp³-hybridized carbons (Fsp3) is 0.333. The van der Waals surface area contributed by atoms with E-state index in [1.165, 1.54) is 19.9 Å². The summed E-state index contributed by atoms with van der Waals surface area (Å²) in [6.07, 6.45) is 1.10. The van der Waals surface area contributed by atoms with Crippen LogP contribution in [0, 0.1) is 6.92 Å². The molecular weight excluding hydrogens is 296 g/mol. The Morgan fingerprint density at radius 2 is 1.83 bits per heavy atom. The van der Waals surface area contributed by atoms with Gasteiger partial charge in [-0.15, -0.1) is 0 Å². The van der Waals surface area contributed by atoms with Gasteiger partial charge in [0.2, 0.25) is 0 Å². The molecule has 1 aliphatic heterocycles. The highest BCUT2D eigenvalue weighted by Gasteiger charge is 2.52. The van der Waals surface area contributed by atoms with Crippen LogP contribution in [-0.2, 0) is 15.0 Å². The van der Waals surface area contributed by atoms with Crippen molar-refractivity contribution in [2.24, 2.45) is 0 Å². The first kappa shape index (κ1) is 15.3. The smallest absolute Gasteiger partial charge is 0.166 e. The van der Waals surface area contributed by atoms with E-state index in [9.17, 15) is 19.2 Å². The van der Waals surface area contributed by atoms with E-state index < -0.39 is 5.41 Å². The van der Waals surface area contributed by atoms with Crippen molar-refractivity contribution in [3.8, 4) is 5.75 Å². The molecule has 1 aromatic carbocycles. The van der Waals surface area contributed by atoms with Crippen molar-refractivity contribution < 1.29 is 23.9 Å². The summed E-state index contributed by atoms with van der Waals surface area (Å²) in [6.45, 7) is 6.17. The van der Waals surface area contributed by atoms with Crippen LogP contribution in [0.4, 0.5) is 0 Å². The fourth-order valence-corrected chi connectivity index (χ4v) is 3.47. The van der Waals surface area contributed by atoms with Gasteiger partial charge < -0.3 is 4.74 Å². The Morgan fingerprint density at radius 1 is 1.17 bits per heavy atom. The first-order valence-electron chi connectivity index (χ1n) is 7.34. The molecule has 0 saturated carbocycles. The van der Waals surface area contributed by atoms with E-state index in [-0.39, 0.29) is 35.3 Å². The summed E-state index contributed by atoms with van der Waals surface area (Å²) in [6, 6.07) is 1.56.